The lowest BCUT2D eigenvalue weighted by Gasteiger charge is -2.35. The zero-order valence-electron chi connectivity index (χ0n) is 18.9. The summed E-state index contributed by atoms with van der Waals surface area (Å²) >= 11 is 0. The summed E-state index contributed by atoms with van der Waals surface area (Å²) in [5.41, 5.74) is 3.73. The molecule has 0 unspecified atom stereocenters. The summed E-state index contributed by atoms with van der Waals surface area (Å²) < 4.78 is 5.43. The fraction of sp³-hybridized carbons (Fsp3) is 0.652. The number of piperidine rings is 2. The van der Waals surface area contributed by atoms with E-state index >= 15 is 0 Å². The minimum atomic E-state index is -0.492. The Morgan fingerprint density at radius 2 is 1.77 bits per heavy atom. The molecule has 2 aliphatic rings. The van der Waals surface area contributed by atoms with Crippen molar-refractivity contribution in [1.82, 2.24) is 21.0 Å². The lowest BCUT2D eigenvalue weighted by Crippen LogP contribution is -2.56. The molecule has 8 heteroatoms. The third kappa shape index (κ3) is 7.79. The molecule has 1 aromatic carbocycles. The summed E-state index contributed by atoms with van der Waals surface area (Å²) in [6, 6.07) is 10.1. The molecule has 8 nitrogen and oxygen atoms in total. The Morgan fingerprint density at radius 1 is 1.06 bits per heavy atom. The quantitative estimate of drug-likeness (QED) is 0.598. The van der Waals surface area contributed by atoms with Crippen LogP contribution < -0.4 is 16.1 Å². The molecule has 2 aliphatic heterocycles. The van der Waals surface area contributed by atoms with Crippen molar-refractivity contribution < 1.29 is 19.2 Å². The Morgan fingerprint density at radius 3 is 2.39 bits per heavy atom. The van der Waals surface area contributed by atoms with Crippen molar-refractivity contribution in [2.45, 2.75) is 76.8 Å². The van der Waals surface area contributed by atoms with Crippen LogP contribution in [0.2, 0.25) is 0 Å². The molecule has 0 radical (unpaired) electrons. The molecule has 0 aliphatic carbocycles. The normalized spacial score (nSPS) is 22.7. The summed E-state index contributed by atoms with van der Waals surface area (Å²) in [6.45, 7) is 8.00. The third-order valence-electron chi connectivity index (χ3n) is 5.56. The first-order valence-electron chi connectivity index (χ1n) is 11.2. The SMILES string of the molecule is CC(C)(C)OC(=O)N1CCC(NC(=O)[C@H]2CC[C@H](NOCc3ccccc3)CN2)CC1. The Bertz CT molecular complexity index is 706. The molecular weight excluding hydrogens is 396 g/mol. The molecule has 0 aromatic heterocycles. The van der Waals surface area contributed by atoms with Gasteiger partial charge in [0.1, 0.15) is 5.60 Å². The number of nitrogens with one attached hydrogen (secondary N) is 3. The molecule has 2 amide bonds. The number of benzene rings is 1. The van der Waals surface area contributed by atoms with Gasteiger partial charge in [0.05, 0.1) is 12.6 Å². The number of carbonyl (C=O) groups is 2. The fourth-order valence-electron chi connectivity index (χ4n) is 3.83. The standard InChI is InChI=1S/C23H36N4O4/c1-23(2,3)31-22(29)27-13-11-18(12-14-27)25-21(28)20-10-9-19(15-24-20)26-30-16-17-7-5-4-6-8-17/h4-8,18-20,24,26H,9-16H2,1-3H3,(H,25,28)/t19-,20+/m0/s1. The molecule has 172 valence electrons. The van der Waals surface area contributed by atoms with Gasteiger partial charge in [-0.25, -0.2) is 4.79 Å². The van der Waals surface area contributed by atoms with Gasteiger partial charge in [0.15, 0.2) is 0 Å². The van der Waals surface area contributed by atoms with Crippen LogP contribution in [0, 0.1) is 0 Å². The minimum Gasteiger partial charge on any atom is -0.444 e. The largest absolute Gasteiger partial charge is 0.444 e. The monoisotopic (exact) mass is 432 g/mol. The van der Waals surface area contributed by atoms with Gasteiger partial charge in [0.2, 0.25) is 5.91 Å². The second-order valence-electron chi connectivity index (χ2n) is 9.38. The average molecular weight is 433 g/mol. The molecule has 2 saturated heterocycles. The molecular formula is C23H36N4O4. The topological polar surface area (TPSA) is 91.9 Å². The first kappa shape index (κ1) is 23.5. The predicted octanol–water partition coefficient (Wildman–Crippen LogP) is 2.34. The van der Waals surface area contributed by atoms with E-state index in [0.717, 1.165) is 31.2 Å². The van der Waals surface area contributed by atoms with Crippen LogP contribution in [0.3, 0.4) is 0 Å². The highest BCUT2D eigenvalue weighted by Crippen LogP contribution is 2.16. The smallest absolute Gasteiger partial charge is 0.410 e. The number of carbonyl (C=O) groups excluding carboxylic acids is 2. The number of rotatable bonds is 6. The third-order valence-corrected chi connectivity index (χ3v) is 5.56. The molecule has 1 aromatic rings. The molecule has 0 bridgehead atoms. The summed E-state index contributed by atoms with van der Waals surface area (Å²) in [5.74, 6) is 0.0411. The average Bonchev–Trinajstić information content (AvgIpc) is 2.74. The van der Waals surface area contributed by atoms with E-state index in [0.29, 0.717) is 26.2 Å². The van der Waals surface area contributed by atoms with E-state index in [-0.39, 0.29) is 30.1 Å². The van der Waals surface area contributed by atoms with Crippen molar-refractivity contribution in [2.75, 3.05) is 19.6 Å². The van der Waals surface area contributed by atoms with Crippen molar-refractivity contribution in [2.24, 2.45) is 0 Å². The van der Waals surface area contributed by atoms with Gasteiger partial charge in [-0.05, 0) is 52.0 Å². The van der Waals surface area contributed by atoms with Crippen LogP contribution in [-0.2, 0) is 21.0 Å². The van der Waals surface area contributed by atoms with Gasteiger partial charge in [-0.15, -0.1) is 0 Å². The highest BCUT2D eigenvalue weighted by molar-refractivity contribution is 5.82. The number of hydrogen-bond donors (Lipinski definition) is 3. The van der Waals surface area contributed by atoms with Crippen LogP contribution in [0.25, 0.3) is 0 Å². The van der Waals surface area contributed by atoms with E-state index < -0.39 is 5.60 Å². The second kappa shape index (κ2) is 10.9. The highest BCUT2D eigenvalue weighted by atomic mass is 16.6. The van der Waals surface area contributed by atoms with E-state index in [4.69, 9.17) is 9.57 Å². The lowest BCUT2D eigenvalue weighted by molar-refractivity contribution is -0.125. The number of hydroxylamine groups is 1. The van der Waals surface area contributed by atoms with Crippen LogP contribution in [-0.4, -0.2) is 60.3 Å². The lowest BCUT2D eigenvalue weighted by atomic mass is 9.99. The van der Waals surface area contributed by atoms with Crippen LogP contribution in [0.4, 0.5) is 4.79 Å². The van der Waals surface area contributed by atoms with E-state index in [1.165, 1.54) is 0 Å². The van der Waals surface area contributed by atoms with Crippen molar-refractivity contribution >= 4 is 12.0 Å². The number of likely N-dealkylation sites (tertiary alicyclic amines) is 1. The molecule has 0 saturated carbocycles. The molecule has 0 spiro atoms. The zero-order valence-corrected chi connectivity index (χ0v) is 18.9. The van der Waals surface area contributed by atoms with E-state index in [2.05, 4.69) is 16.1 Å². The van der Waals surface area contributed by atoms with Crippen LogP contribution in [0.5, 0.6) is 0 Å². The van der Waals surface area contributed by atoms with Gasteiger partial charge < -0.3 is 20.3 Å². The summed E-state index contributed by atoms with van der Waals surface area (Å²) in [7, 11) is 0. The molecule has 2 fully saturated rings. The maximum Gasteiger partial charge on any atom is 0.410 e. The Kier molecular flexibility index (Phi) is 8.28. The first-order valence-corrected chi connectivity index (χ1v) is 11.2. The van der Waals surface area contributed by atoms with Crippen LogP contribution in [0.15, 0.2) is 30.3 Å². The molecule has 2 heterocycles. The number of amides is 2. The van der Waals surface area contributed by atoms with Crippen molar-refractivity contribution in [3.05, 3.63) is 35.9 Å². The molecule has 3 N–H and O–H groups in total. The summed E-state index contributed by atoms with van der Waals surface area (Å²) in [6.07, 6.45) is 2.84. The van der Waals surface area contributed by atoms with E-state index in [1.54, 1.807) is 4.90 Å². The highest BCUT2D eigenvalue weighted by Gasteiger charge is 2.30. The van der Waals surface area contributed by atoms with Gasteiger partial charge in [-0.2, -0.15) is 5.48 Å². The van der Waals surface area contributed by atoms with Gasteiger partial charge in [0.25, 0.3) is 0 Å². The number of ether oxygens (including phenoxy) is 1. The Labute approximate surface area is 185 Å². The Hall–Kier alpha value is -2.16. The minimum absolute atomic E-state index is 0.0411. The first-order chi connectivity index (χ1) is 14.8. The molecule has 31 heavy (non-hydrogen) atoms. The van der Waals surface area contributed by atoms with E-state index in [9.17, 15) is 9.59 Å². The second-order valence-corrected chi connectivity index (χ2v) is 9.38. The van der Waals surface area contributed by atoms with Gasteiger partial charge >= 0.3 is 6.09 Å². The molecule has 2 atom stereocenters. The van der Waals surface area contributed by atoms with E-state index in [1.807, 2.05) is 51.1 Å². The fourth-order valence-corrected chi connectivity index (χ4v) is 3.83. The molecule has 3 rings (SSSR count). The maximum atomic E-state index is 12.6. The number of nitrogens with zero attached hydrogens (tertiary/aromatic N) is 1. The van der Waals surface area contributed by atoms with Crippen molar-refractivity contribution in [3.63, 3.8) is 0 Å². The summed E-state index contributed by atoms with van der Waals surface area (Å²) in [5, 5.41) is 6.46. The van der Waals surface area contributed by atoms with Crippen molar-refractivity contribution in [3.8, 4) is 0 Å². The van der Waals surface area contributed by atoms with Crippen LogP contribution in [0.1, 0.15) is 52.0 Å². The van der Waals surface area contributed by atoms with Gasteiger partial charge in [0, 0.05) is 31.7 Å². The van der Waals surface area contributed by atoms with Gasteiger partial charge in [-0.1, -0.05) is 30.3 Å². The van der Waals surface area contributed by atoms with Gasteiger partial charge in [-0.3, -0.25) is 9.63 Å². The van der Waals surface area contributed by atoms with Crippen molar-refractivity contribution in [1.29, 1.82) is 0 Å². The number of hydrogen-bond acceptors (Lipinski definition) is 6. The maximum absolute atomic E-state index is 12.6. The predicted molar refractivity (Wildman–Crippen MR) is 118 cm³/mol. The Balaban J connectivity index is 1.31. The zero-order chi connectivity index (χ0) is 22.3. The van der Waals surface area contributed by atoms with Crippen LogP contribution >= 0.6 is 0 Å². The summed E-state index contributed by atoms with van der Waals surface area (Å²) in [4.78, 5) is 32.1.